The first-order valence-corrected chi connectivity index (χ1v) is 8.24. The molecular weight excluding hydrogens is 216 g/mol. The highest BCUT2D eigenvalue weighted by Gasteiger charge is 2.33. The molecule has 0 N–H and O–H groups in total. The number of rotatable bonds is 9. The highest BCUT2D eigenvalue weighted by Crippen LogP contribution is 2.42. The van der Waals surface area contributed by atoms with Crippen LogP contribution in [-0.2, 0) is 0 Å². The molecule has 0 aromatic rings. The van der Waals surface area contributed by atoms with Crippen LogP contribution >= 0.6 is 0 Å². The Morgan fingerprint density at radius 2 is 1.44 bits per heavy atom. The van der Waals surface area contributed by atoms with Crippen molar-refractivity contribution in [3.8, 4) is 0 Å². The van der Waals surface area contributed by atoms with Gasteiger partial charge in [-0.15, -0.1) is 0 Å². The second kappa shape index (κ2) is 8.23. The van der Waals surface area contributed by atoms with Crippen molar-refractivity contribution in [3.63, 3.8) is 0 Å². The Labute approximate surface area is 117 Å². The van der Waals surface area contributed by atoms with Gasteiger partial charge in [0.25, 0.3) is 0 Å². The van der Waals surface area contributed by atoms with Gasteiger partial charge in [0, 0.05) is 0 Å². The van der Waals surface area contributed by atoms with Crippen LogP contribution < -0.4 is 0 Å². The zero-order valence-corrected chi connectivity index (χ0v) is 14.3. The van der Waals surface area contributed by atoms with Crippen molar-refractivity contribution in [2.75, 3.05) is 0 Å². The van der Waals surface area contributed by atoms with Gasteiger partial charge in [-0.05, 0) is 41.9 Å². The summed E-state index contributed by atoms with van der Waals surface area (Å²) in [7, 11) is 0. The maximum absolute atomic E-state index is 2.51. The molecule has 0 heterocycles. The van der Waals surface area contributed by atoms with E-state index < -0.39 is 0 Å². The molecular formula is C18H38. The van der Waals surface area contributed by atoms with Crippen LogP contribution in [0.1, 0.15) is 87.5 Å². The van der Waals surface area contributed by atoms with Crippen molar-refractivity contribution in [2.24, 2.45) is 29.1 Å². The molecule has 0 aliphatic heterocycles. The van der Waals surface area contributed by atoms with E-state index in [1.165, 1.54) is 32.1 Å². The summed E-state index contributed by atoms with van der Waals surface area (Å²) in [6.07, 6.45) is 6.83. The summed E-state index contributed by atoms with van der Waals surface area (Å²) in [5.74, 6) is 3.46. The highest BCUT2D eigenvalue weighted by atomic mass is 14.4. The molecule has 0 aromatic carbocycles. The highest BCUT2D eigenvalue weighted by molar-refractivity contribution is 4.83. The van der Waals surface area contributed by atoms with Crippen LogP contribution in [0.25, 0.3) is 0 Å². The van der Waals surface area contributed by atoms with E-state index in [1.807, 2.05) is 0 Å². The van der Waals surface area contributed by atoms with Crippen molar-refractivity contribution >= 4 is 0 Å². The van der Waals surface area contributed by atoms with Crippen molar-refractivity contribution in [3.05, 3.63) is 0 Å². The molecule has 0 saturated carbocycles. The van der Waals surface area contributed by atoms with Crippen LogP contribution in [0, 0.1) is 29.1 Å². The van der Waals surface area contributed by atoms with Crippen molar-refractivity contribution in [1.29, 1.82) is 0 Å². The van der Waals surface area contributed by atoms with Gasteiger partial charge in [-0.25, -0.2) is 0 Å². The second-order valence-electron chi connectivity index (χ2n) is 7.66. The Morgan fingerprint density at radius 3 is 1.83 bits per heavy atom. The molecule has 0 aromatic heterocycles. The number of hydrogen-bond acceptors (Lipinski definition) is 0. The van der Waals surface area contributed by atoms with E-state index in [9.17, 15) is 0 Å². The lowest BCUT2D eigenvalue weighted by Crippen LogP contribution is -2.31. The quantitative estimate of drug-likeness (QED) is 0.438. The van der Waals surface area contributed by atoms with Gasteiger partial charge in [0.15, 0.2) is 0 Å². The smallest absolute Gasteiger partial charge is 0.0323 e. The van der Waals surface area contributed by atoms with Crippen molar-refractivity contribution in [1.82, 2.24) is 0 Å². The number of hydrogen-bond donors (Lipinski definition) is 0. The summed E-state index contributed by atoms with van der Waals surface area (Å²) in [5.41, 5.74) is 0.503. The topological polar surface area (TPSA) is 0 Å². The summed E-state index contributed by atoms with van der Waals surface area (Å²) in [5, 5.41) is 0. The summed E-state index contributed by atoms with van der Waals surface area (Å²) >= 11 is 0. The molecule has 0 saturated heterocycles. The third-order valence-electron chi connectivity index (χ3n) is 5.05. The third-order valence-corrected chi connectivity index (χ3v) is 5.05. The maximum atomic E-state index is 2.51. The zero-order chi connectivity index (χ0) is 14.3. The van der Waals surface area contributed by atoms with Crippen LogP contribution in [0.15, 0.2) is 0 Å². The van der Waals surface area contributed by atoms with Gasteiger partial charge < -0.3 is 0 Å². The minimum atomic E-state index is 0.503. The first-order chi connectivity index (χ1) is 8.24. The van der Waals surface area contributed by atoms with Crippen molar-refractivity contribution in [2.45, 2.75) is 87.5 Å². The lowest BCUT2D eigenvalue weighted by Gasteiger charge is -2.40. The molecule has 0 aliphatic carbocycles. The summed E-state index contributed by atoms with van der Waals surface area (Å²) in [4.78, 5) is 0. The molecule has 0 heteroatoms. The Hall–Kier alpha value is 0. The molecule has 0 spiro atoms. The van der Waals surface area contributed by atoms with E-state index in [0.29, 0.717) is 5.41 Å². The molecule has 110 valence electrons. The Kier molecular flexibility index (Phi) is 8.23. The summed E-state index contributed by atoms with van der Waals surface area (Å²) < 4.78 is 0. The van der Waals surface area contributed by atoms with E-state index in [0.717, 1.165) is 23.7 Å². The van der Waals surface area contributed by atoms with Crippen LogP contribution in [0.2, 0.25) is 0 Å². The van der Waals surface area contributed by atoms with E-state index in [1.54, 1.807) is 0 Å². The molecule has 0 rings (SSSR count). The molecule has 0 nitrogen and oxygen atoms in total. The largest absolute Gasteiger partial charge is 0.0651 e. The Balaban J connectivity index is 4.70. The average Bonchev–Trinajstić information content (AvgIpc) is 2.32. The average molecular weight is 255 g/mol. The normalized spacial score (nSPS) is 17.8. The van der Waals surface area contributed by atoms with Crippen LogP contribution in [0.5, 0.6) is 0 Å². The molecule has 0 amide bonds. The fourth-order valence-corrected chi connectivity index (χ4v) is 3.05. The zero-order valence-electron chi connectivity index (χ0n) is 14.3. The van der Waals surface area contributed by atoms with Gasteiger partial charge in [0.05, 0.1) is 0 Å². The lowest BCUT2D eigenvalue weighted by atomic mass is 9.65. The minimum absolute atomic E-state index is 0.503. The predicted octanol–water partition coefficient (Wildman–Crippen LogP) is 6.55. The standard InChI is InChI=1S/C18H38/c1-9-15(5)13-17(16(6)10-2)18(7,8)12-11-14(3)4/h14-17H,9-13H2,1-8H3. The van der Waals surface area contributed by atoms with Crippen LogP contribution in [-0.4, -0.2) is 0 Å². The van der Waals surface area contributed by atoms with Gasteiger partial charge in [-0.1, -0.05) is 74.7 Å². The summed E-state index contributed by atoms with van der Waals surface area (Å²) in [6.45, 7) is 19.3. The molecule has 3 unspecified atom stereocenters. The lowest BCUT2D eigenvalue weighted by molar-refractivity contribution is 0.0984. The second-order valence-corrected chi connectivity index (χ2v) is 7.66. The third kappa shape index (κ3) is 6.25. The maximum Gasteiger partial charge on any atom is -0.0323 e. The van der Waals surface area contributed by atoms with Gasteiger partial charge in [-0.2, -0.15) is 0 Å². The fraction of sp³-hybridized carbons (Fsp3) is 1.00. The van der Waals surface area contributed by atoms with Gasteiger partial charge >= 0.3 is 0 Å². The summed E-state index contributed by atoms with van der Waals surface area (Å²) in [6, 6.07) is 0. The molecule has 0 fully saturated rings. The van der Waals surface area contributed by atoms with Gasteiger partial charge in [0.2, 0.25) is 0 Å². The predicted molar refractivity (Wildman–Crippen MR) is 84.9 cm³/mol. The molecule has 0 bridgehead atoms. The first-order valence-electron chi connectivity index (χ1n) is 8.24. The van der Waals surface area contributed by atoms with E-state index in [-0.39, 0.29) is 0 Å². The molecule has 0 aliphatic rings. The molecule has 0 radical (unpaired) electrons. The van der Waals surface area contributed by atoms with Crippen molar-refractivity contribution < 1.29 is 0 Å². The van der Waals surface area contributed by atoms with E-state index >= 15 is 0 Å². The monoisotopic (exact) mass is 254 g/mol. The first kappa shape index (κ1) is 18.0. The Morgan fingerprint density at radius 1 is 0.889 bits per heavy atom. The van der Waals surface area contributed by atoms with E-state index in [4.69, 9.17) is 0 Å². The minimum Gasteiger partial charge on any atom is -0.0651 e. The van der Waals surface area contributed by atoms with Crippen LogP contribution in [0.4, 0.5) is 0 Å². The molecule has 18 heavy (non-hydrogen) atoms. The molecule has 3 atom stereocenters. The van der Waals surface area contributed by atoms with E-state index in [2.05, 4.69) is 55.4 Å². The van der Waals surface area contributed by atoms with Gasteiger partial charge in [0.1, 0.15) is 0 Å². The SMILES string of the molecule is CCC(C)CC(C(C)CC)C(C)(C)CCC(C)C. The van der Waals surface area contributed by atoms with Gasteiger partial charge in [-0.3, -0.25) is 0 Å². The fourth-order valence-electron chi connectivity index (χ4n) is 3.05. The Bertz CT molecular complexity index is 202. The van der Waals surface area contributed by atoms with Crippen LogP contribution in [0.3, 0.4) is 0 Å².